The molecule has 0 unspecified atom stereocenters. The number of carbonyl (C=O) groups excluding carboxylic acids is 2. The molecule has 4 aliphatic carbocycles. The van der Waals surface area contributed by atoms with Crippen molar-refractivity contribution >= 4 is 23.5 Å². The molecule has 0 saturated heterocycles. The van der Waals surface area contributed by atoms with Crippen LogP contribution in [0.1, 0.15) is 44.1 Å². The predicted octanol–water partition coefficient (Wildman–Crippen LogP) is 3.76. The predicted molar refractivity (Wildman–Crippen MR) is 99.7 cm³/mol. The maximum absolute atomic E-state index is 12.7. The van der Waals surface area contributed by atoms with E-state index in [1.807, 2.05) is 24.3 Å². The van der Waals surface area contributed by atoms with E-state index >= 15 is 0 Å². The molecular weight excluding hydrogens is 350 g/mol. The topological polar surface area (TPSA) is 55.4 Å². The summed E-state index contributed by atoms with van der Waals surface area (Å²) in [5.74, 6) is 1.72. The highest BCUT2D eigenvalue weighted by Crippen LogP contribution is 2.60. The van der Waals surface area contributed by atoms with Crippen LogP contribution in [0.2, 0.25) is 5.02 Å². The lowest BCUT2D eigenvalue weighted by Gasteiger charge is -2.55. The molecule has 5 heteroatoms. The van der Waals surface area contributed by atoms with Crippen LogP contribution in [0.15, 0.2) is 24.3 Å². The SMILES string of the molecule is O=C(COC(=O)C12CC3CC(CC(C3)C1)C2)NCCc1cccc(Cl)c1. The molecule has 0 spiro atoms. The molecule has 1 aromatic carbocycles. The Hall–Kier alpha value is -1.55. The van der Waals surface area contributed by atoms with Crippen molar-refractivity contribution in [3.8, 4) is 0 Å². The van der Waals surface area contributed by atoms with E-state index in [0.717, 1.165) is 24.8 Å². The van der Waals surface area contributed by atoms with E-state index in [4.69, 9.17) is 16.3 Å². The average molecular weight is 376 g/mol. The van der Waals surface area contributed by atoms with Gasteiger partial charge in [-0.2, -0.15) is 0 Å². The highest BCUT2D eigenvalue weighted by Gasteiger charge is 2.55. The Balaban J connectivity index is 1.22. The van der Waals surface area contributed by atoms with Crippen LogP contribution in [0, 0.1) is 23.2 Å². The Morgan fingerprint density at radius 2 is 1.77 bits per heavy atom. The molecule has 0 aromatic heterocycles. The summed E-state index contributed by atoms with van der Waals surface area (Å²) in [6.45, 7) is 0.338. The van der Waals surface area contributed by atoms with E-state index < -0.39 is 0 Å². The van der Waals surface area contributed by atoms with E-state index in [9.17, 15) is 9.59 Å². The lowest BCUT2D eigenvalue weighted by atomic mass is 9.49. The third-order valence-corrected chi connectivity index (χ3v) is 6.67. The molecule has 4 fully saturated rings. The zero-order chi connectivity index (χ0) is 18.1. The molecule has 4 bridgehead atoms. The van der Waals surface area contributed by atoms with E-state index in [1.165, 1.54) is 19.3 Å². The molecular formula is C21H26ClNO3. The summed E-state index contributed by atoms with van der Waals surface area (Å²) >= 11 is 5.95. The third-order valence-electron chi connectivity index (χ3n) is 6.43. The molecule has 0 heterocycles. The first kappa shape index (κ1) is 17.8. The second-order valence-corrected chi connectivity index (χ2v) is 8.94. The van der Waals surface area contributed by atoms with Crippen LogP contribution in [0.4, 0.5) is 0 Å². The van der Waals surface area contributed by atoms with Crippen LogP contribution < -0.4 is 5.32 Å². The molecule has 1 N–H and O–H groups in total. The fraction of sp³-hybridized carbons (Fsp3) is 0.619. The molecule has 26 heavy (non-hydrogen) atoms. The number of hydrogen-bond donors (Lipinski definition) is 1. The van der Waals surface area contributed by atoms with Crippen molar-refractivity contribution in [2.45, 2.75) is 44.9 Å². The minimum atomic E-state index is -0.296. The Bertz CT molecular complexity index is 667. The quantitative estimate of drug-likeness (QED) is 0.770. The summed E-state index contributed by atoms with van der Waals surface area (Å²) in [4.78, 5) is 24.7. The lowest BCUT2D eigenvalue weighted by Crippen LogP contribution is -2.51. The summed E-state index contributed by atoms with van der Waals surface area (Å²) < 4.78 is 5.44. The van der Waals surface area contributed by atoms with Crippen LogP contribution in [-0.4, -0.2) is 25.0 Å². The van der Waals surface area contributed by atoms with Gasteiger partial charge in [0.05, 0.1) is 5.41 Å². The maximum atomic E-state index is 12.7. The first-order valence-corrected chi connectivity index (χ1v) is 10.1. The van der Waals surface area contributed by atoms with Gasteiger partial charge in [0, 0.05) is 11.6 Å². The number of nitrogens with one attached hydrogen (secondary N) is 1. The van der Waals surface area contributed by atoms with Crippen LogP contribution >= 0.6 is 11.6 Å². The van der Waals surface area contributed by atoms with Crippen LogP contribution in [0.3, 0.4) is 0 Å². The summed E-state index contributed by atoms with van der Waals surface area (Å²) in [6.07, 6.45) is 7.47. The van der Waals surface area contributed by atoms with Crippen molar-refractivity contribution in [1.82, 2.24) is 5.32 Å². The normalized spacial score (nSPS) is 31.7. The Labute approximate surface area is 159 Å². The van der Waals surface area contributed by atoms with E-state index in [1.54, 1.807) is 0 Å². The fourth-order valence-electron chi connectivity index (χ4n) is 5.73. The van der Waals surface area contributed by atoms with Gasteiger partial charge < -0.3 is 10.1 Å². The van der Waals surface area contributed by atoms with Crippen molar-refractivity contribution in [3.05, 3.63) is 34.9 Å². The molecule has 5 rings (SSSR count). The minimum absolute atomic E-state index is 0.137. The zero-order valence-corrected chi connectivity index (χ0v) is 15.8. The van der Waals surface area contributed by atoms with E-state index in [0.29, 0.717) is 35.7 Å². The molecule has 140 valence electrons. The fourth-order valence-corrected chi connectivity index (χ4v) is 5.95. The Morgan fingerprint density at radius 1 is 1.12 bits per heavy atom. The van der Waals surface area contributed by atoms with Gasteiger partial charge in [0.15, 0.2) is 6.61 Å². The third kappa shape index (κ3) is 3.75. The van der Waals surface area contributed by atoms with Crippen molar-refractivity contribution in [1.29, 1.82) is 0 Å². The number of ether oxygens (including phenoxy) is 1. The van der Waals surface area contributed by atoms with E-state index in [-0.39, 0.29) is 23.9 Å². The zero-order valence-electron chi connectivity index (χ0n) is 15.0. The number of amides is 1. The molecule has 0 atom stereocenters. The summed E-state index contributed by atoms with van der Waals surface area (Å²) in [5.41, 5.74) is 0.777. The number of esters is 1. The van der Waals surface area contributed by atoms with Gasteiger partial charge in [-0.3, -0.25) is 9.59 Å². The van der Waals surface area contributed by atoms with Gasteiger partial charge in [0.1, 0.15) is 0 Å². The first-order chi connectivity index (χ1) is 12.5. The average Bonchev–Trinajstić information content (AvgIpc) is 2.58. The van der Waals surface area contributed by atoms with Crippen molar-refractivity contribution in [2.75, 3.05) is 13.2 Å². The van der Waals surface area contributed by atoms with Crippen molar-refractivity contribution in [3.63, 3.8) is 0 Å². The Morgan fingerprint density at radius 3 is 2.38 bits per heavy atom. The lowest BCUT2D eigenvalue weighted by molar-refractivity contribution is -0.173. The summed E-state index contributed by atoms with van der Waals surface area (Å²) in [5, 5.41) is 3.51. The van der Waals surface area contributed by atoms with Gasteiger partial charge in [0.2, 0.25) is 0 Å². The van der Waals surface area contributed by atoms with Crippen LogP contribution in [0.25, 0.3) is 0 Å². The van der Waals surface area contributed by atoms with Crippen LogP contribution in [-0.2, 0) is 20.7 Å². The number of benzene rings is 1. The summed E-state index contributed by atoms with van der Waals surface area (Å²) in [7, 11) is 0. The van der Waals surface area contributed by atoms with Gasteiger partial charge in [-0.15, -0.1) is 0 Å². The molecule has 0 aliphatic heterocycles. The summed E-state index contributed by atoms with van der Waals surface area (Å²) in [6, 6.07) is 7.59. The Kier molecular flexibility index (Phi) is 4.96. The van der Waals surface area contributed by atoms with E-state index in [2.05, 4.69) is 5.32 Å². The molecule has 0 radical (unpaired) electrons. The highest BCUT2D eigenvalue weighted by molar-refractivity contribution is 6.30. The smallest absolute Gasteiger partial charge is 0.312 e. The van der Waals surface area contributed by atoms with Crippen molar-refractivity contribution < 1.29 is 14.3 Å². The largest absolute Gasteiger partial charge is 0.455 e. The van der Waals surface area contributed by atoms with Gasteiger partial charge in [-0.25, -0.2) is 0 Å². The first-order valence-electron chi connectivity index (χ1n) is 9.71. The van der Waals surface area contributed by atoms with Gasteiger partial charge in [-0.1, -0.05) is 23.7 Å². The standard InChI is InChI=1S/C21H26ClNO3/c22-18-3-1-2-14(9-18)4-5-23-19(24)13-26-20(25)21-10-15-6-16(11-21)8-17(7-15)12-21/h1-3,9,15-17H,4-8,10-13H2,(H,23,24). The van der Waals surface area contributed by atoms with Gasteiger partial charge in [0.25, 0.3) is 5.91 Å². The monoisotopic (exact) mass is 375 g/mol. The number of carbonyl (C=O) groups is 2. The molecule has 4 aliphatic rings. The molecule has 4 nitrogen and oxygen atoms in total. The minimum Gasteiger partial charge on any atom is -0.455 e. The number of halogens is 1. The van der Waals surface area contributed by atoms with Gasteiger partial charge in [-0.05, 0) is 80.4 Å². The molecule has 4 saturated carbocycles. The van der Waals surface area contributed by atoms with Gasteiger partial charge >= 0.3 is 5.97 Å². The molecule has 1 amide bonds. The highest BCUT2D eigenvalue weighted by atomic mass is 35.5. The van der Waals surface area contributed by atoms with Crippen molar-refractivity contribution in [2.24, 2.45) is 23.2 Å². The second-order valence-electron chi connectivity index (χ2n) is 8.50. The molecule has 1 aromatic rings. The number of hydrogen-bond acceptors (Lipinski definition) is 3. The number of rotatable bonds is 6. The van der Waals surface area contributed by atoms with Crippen LogP contribution in [0.5, 0.6) is 0 Å². The maximum Gasteiger partial charge on any atom is 0.312 e. The second kappa shape index (κ2) is 7.22.